The van der Waals surface area contributed by atoms with Crippen LogP contribution in [0.3, 0.4) is 0 Å². The lowest BCUT2D eigenvalue weighted by atomic mass is 10.0. The number of hydrogen-bond donors (Lipinski definition) is 2. The Labute approximate surface area is 121 Å². The molecule has 0 aliphatic rings. The normalized spacial score (nSPS) is 14.6. The van der Waals surface area contributed by atoms with Crippen LogP contribution >= 0.6 is 0 Å². The van der Waals surface area contributed by atoms with Crippen LogP contribution in [0.2, 0.25) is 0 Å². The quantitative estimate of drug-likeness (QED) is 0.578. The topological polar surface area (TPSA) is 76.7 Å². The molecule has 0 spiro atoms. The summed E-state index contributed by atoms with van der Waals surface area (Å²) in [7, 11) is 1.35. The molecule has 1 unspecified atom stereocenters. The summed E-state index contributed by atoms with van der Waals surface area (Å²) in [4.78, 5) is 23.3. The molecule has 0 aromatic carbocycles. The molecule has 0 fully saturated rings. The lowest BCUT2D eigenvalue weighted by molar-refractivity contribution is -0.143. The summed E-state index contributed by atoms with van der Waals surface area (Å²) in [5.74, 6) is -0.00290. The van der Waals surface area contributed by atoms with Crippen molar-refractivity contribution in [3.8, 4) is 0 Å². The van der Waals surface area contributed by atoms with E-state index in [1.165, 1.54) is 7.11 Å². The minimum absolute atomic E-state index is 0.334. The van der Waals surface area contributed by atoms with Gasteiger partial charge in [-0.05, 0) is 40.0 Å². The van der Waals surface area contributed by atoms with Gasteiger partial charge >= 0.3 is 12.1 Å². The number of carbonyl (C=O) groups excluding carboxylic acids is 2. The number of ether oxygens (including phenoxy) is 2. The van der Waals surface area contributed by atoms with E-state index < -0.39 is 23.9 Å². The summed E-state index contributed by atoms with van der Waals surface area (Å²) >= 11 is 0. The zero-order valence-electron chi connectivity index (χ0n) is 13.6. The molecular formula is C14H28N2O4. The Morgan fingerprint density at radius 1 is 1.15 bits per heavy atom. The lowest BCUT2D eigenvalue weighted by Crippen LogP contribution is -2.52. The molecule has 0 radical (unpaired) electrons. The first-order valence-corrected chi connectivity index (χ1v) is 6.88. The number of carbonyl (C=O) groups is 2. The molecule has 1 amide bonds. The summed E-state index contributed by atoms with van der Waals surface area (Å²) in [5.41, 5.74) is -0.552. The minimum Gasteiger partial charge on any atom is -0.468 e. The van der Waals surface area contributed by atoms with Gasteiger partial charge in [-0.25, -0.2) is 4.79 Å². The maximum atomic E-state index is 11.7. The van der Waals surface area contributed by atoms with E-state index in [4.69, 9.17) is 9.47 Å². The first kappa shape index (κ1) is 18.7. The zero-order chi connectivity index (χ0) is 15.9. The van der Waals surface area contributed by atoms with Gasteiger partial charge in [0.05, 0.1) is 13.3 Å². The van der Waals surface area contributed by atoms with Crippen LogP contribution in [0.15, 0.2) is 0 Å². The van der Waals surface area contributed by atoms with Crippen LogP contribution in [0.1, 0.15) is 48.0 Å². The van der Waals surface area contributed by atoms with Gasteiger partial charge in [0.1, 0.15) is 11.6 Å². The van der Waals surface area contributed by atoms with E-state index in [0.29, 0.717) is 12.3 Å². The molecule has 0 aromatic heterocycles. The third-order valence-electron chi connectivity index (χ3n) is 2.38. The molecule has 6 heteroatoms. The van der Waals surface area contributed by atoms with Crippen molar-refractivity contribution in [1.29, 1.82) is 0 Å². The highest BCUT2D eigenvalue weighted by Gasteiger charge is 2.24. The zero-order valence-corrected chi connectivity index (χ0v) is 13.6. The summed E-state index contributed by atoms with van der Waals surface area (Å²) in [6, 6.07) is -0.454. The van der Waals surface area contributed by atoms with Crippen molar-refractivity contribution in [2.45, 2.75) is 65.8 Å². The molecule has 0 aromatic rings. The Bertz CT molecular complexity index is 324. The predicted molar refractivity (Wildman–Crippen MR) is 77.2 cm³/mol. The third kappa shape index (κ3) is 8.74. The molecule has 0 bridgehead atoms. The highest BCUT2D eigenvalue weighted by Crippen LogP contribution is 2.08. The van der Waals surface area contributed by atoms with Crippen LogP contribution in [-0.4, -0.2) is 37.0 Å². The van der Waals surface area contributed by atoms with Crippen LogP contribution in [0.25, 0.3) is 0 Å². The van der Waals surface area contributed by atoms with E-state index in [-0.39, 0.29) is 5.97 Å². The molecule has 0 rings (SSSR count). The molecular weight excluding hydrogens is 260 g/mol. The second kappa shape index (κ2) is 8.09. The fourth-order valence-corrected chi connectivity index (χ4v) is 1.67. The van der Waals surface area contributed by atoms with Crippen LogP contribution in [0.5, 0.6) is 0 Å². The van der Waals surface area contributed by atoms with Gasteiger partial charge in [-0.2, -0.15) is 0 Å². The SMILES string of the molecule is COC(=O)[C@H](CC(C)C)NC(C)NC(=O)OC(C)(C)C. The van der Waals surface area contributed by atoms with Crippen molar-refractivity contribution in [2.24, 2.45) is 5.92 Å². The number of amides is 1. The molecule has 118 valence electrons. The van der Waals surface area contributed by atoms with Gasteiger partial charge in [-0.3, -0.25) is 10.1 Å². The van der Waals surface area contributed by atoms with Gasteiger partial charge < -0.3 is 14.8 Å². The number of alkyl carbamates (subject to hydrolysis) is 1. The lowest BCUT2D eigenvalue weighted by Gasteiger charge is -2.25. The number of esters is 1. The fraction of sp³-hybridized carbons (Fsp3) is 0.857. The molecule has 0 heterocycles. The standard InChI is InChI=1S/C14H28N2O4/c1-9(2)8-11(12(17)19-7)15-10(3)16-13(18)20-14(4,5)6/h9-11,15H,8H2,1-7H3,(H,16,18)/t10?,11-/m0/s1. The van der Waals surface area contributed by atoms with E-state index in [2.05, 4.69) is 10.6 Å². The predicted octanol–water partition coefficient (Wildman–Crippen LogP) is 2.03. The number of hydrogen-bond acceptors (Lipinski definition) is 5. The van der Waals surface area contributed by atoms with E-state index in [9.17, 15) is 9.59 Å². The van der Waals surface area contributed by atoms with Crippen molar-refractivity contribution >= 4 is 12.1 Å². The average Bonchev–Trinajstić information content (AvgIpc) is 2.23. The summed E-state index contributed by atoms with van der Waals surface area (Å²) in [6.07, 6.45) is -0.286. The second-order valence-electron chi connectivity index (χ2n) is 6.24. The monoisotopic (exact) mass is 288 g/mol. The smallest absolute Gasteiger partial charge is 0.408 e. The first-order valence-electron chi connectivity index (χ1n) is 6.88. The first-order chi connectivity index (χ1) is 9.05. The summed E-state index contributed by atoms with van der Waals surface area (Å²) < 4.78 is 9.91. The summed E-state index contributed by atoms with van der Waals surface area (Å²) in [6.45, 7) is 11.2. The average molecular weight is 288 g/mol. The molecule has 0 aliphatic carbocycles. The Morgan fingerprint density at radius 2 is 1.70 bits per heavy atom. The summed E-state index contributed by atoms with van der Waals surface area (Å²) in [5, 5.41) is 5.67. The minimum atomic E-state index is -0.552. The van der Waals surface area contributed by atoms with Crippen LogP contribution in [-0.2, 0) is 14.3 Å². The van der Waals surface area contributed by atoms with Crippen LogP contribution < -0.4 is 10.6 Å². The van der Waals surface area contributed by atoms with Crippen LogP contribution in [0.4, 0.5) is 4.79 Å². The number of methoxy groups -OCH3 is 1. The fourth-order valence-electron chi connectivity index (χ4n) is 1.67. The molecule has 2 atom stereocenters. The molecule has 0 saturated heterocycles. The Morgan fingerprint density at radius 3 is 2.10 bits per heavy atom. The van der Waals surface area contributed by atoms with Crippen molar-refractivity contribution in [3.05, 3.63) is 0 Å². The van der Waals surface area contributed by atoms with Crippen LogP contribution in [0, 0.1) is 5.92 Å². The van der Waals surface area contributed by atoms with E-state index in [1.54, 1.807) is 27.7 Å². The van der Waals surface area contributed by atoms with Crippen molar-refractivity contribution < 1.29 is 19.1 Å². The van der Waals surface area contributed by atoms with Crippen molar-refractivity contribution in [1.82, 2.24) is 10.6 Å². The third-order valence-corrected chi connectivity index (χ3v) is 2.38. The van der Waals surface area contributed by atoms with Gasteiger partial charge in [-0.15, -0.1) is 0 Å². The van der Waals surface area contributed by atoms with E-state index in [0.717, 1.165) is 0 Å². The maximum Gasteiger partial charge on any atom is 0.408 e. The highest BCUT2D eigenvalue weighted by molar-refractivity contribution is 5.75. The van der Waals surface area contributed by atoms with E-state index >= 15 is 0 Å². The largest absolute Gasteiger partial charge is 0.468 e. The molecule has 2 N–H and O–H groups in total. The van der Waals surface area contributed by atoms with Gasteiger partial charge in [0.25, 0.3) is 0 Å². The van der Waals surface area contributed by atoms with E-state index in [1.807, 2.05) is 13.8 Å². The molecule has 20 heavy (non-hydrogen) atoms. The van der Waals surface area contributed by atoms with Crippen molar-refractivity contribution in [2.75, 3.05) is 7.11 Å². The highest BCUT2D eigenvalue weighted by atomic mass is 16.6. The number of rotatable bonds is 6. The number of nitrogens with one attached hydrogen (secondary N) is 2. The van der Waals surface area contributed by atoms with Gasteiger partial charge in [0.15, 0.2) is 0 Å². The van der Waals surface area contributed by atoms with Gasteiger partial charge in [-0.1, -0.05) is 13.8 Å². The Kier molecular flexibility index (Phi) is 7.57. The van der Waals surface area contributed by atoms with Gasteiger partial charge in [0.2, 0.25) is 0 Å². The van der Waals surface area contributed by atoms with Gasteiger partial charge in [0, 0.05) is 0 Å². The molecule has 6 nitrogen and oxygen atoms in total. The Balaban J connectivity index is 4.42. The Hall–Kier alpha value is -1.30. The second-order valence-corrected chi connectivity index (χ2v) is 6.24. The molecule has 0 saturated carbocycles. The molecule has 0 aliphatic heterocycles. The maximum absolute atomic E-state index is 11.7. The van der Waals surface area contributed by atoms with Crippen molar-refractivity contribution in [3.63, 3.8) is 0 Å².